The smallest absolute Gasteiger partial charge is 0.338 e. The zero-order valence-corrected chi connectivity index (χ0v) is 13.5. The van der Waals surface area contributed by atoms with E-state index in [9.17, 15) is 13.2 Å². The van der Waals surface area contributed by atoms with Crippen LogP contribution in [0.25, 0.3) is 0 Å². The molecule has 0 radical (unpaired) electrons. The quantitative estimate of drug-likeness (QED) is 0.805. The van der Waals surface area contributed by atoms with Crippen molar-refractivity contribution in [1.29, 1.82) is 0 Å². The van der Waals surface area contributed by atoms with Crippen LogP contribution in [-0.4, -0.2) is 33.7 Å². The number of nitrogens with two attached hydrogens (primary N) is 1. The summed E-state index contributed by atoms with van der Waals surface area (Å²) in [5.41, 5.74) is 0.387. The summed E-state index contributed by atoms with van der Waals surface area (Å²) in [6.45, 7) is 5.62. The maximum absolute atomic E-state index is 12.0. The Hall–Kier alpha value is -1.44. The predicted octanol–water partition coefficient (Wildman–Crippen LogP) is 1.61. The van der Waals surface area contributed by atoms with Crippen molar-refractivity contribution in [2.45, 2.75) is 37.7 Å². The highest BCUT2D eigenvalue weighted by Crippen LogP contribution is 2.16. The summed E-state index contributed by atoms with van der Waals surface area (Å²) >= 11 is 0. The number of hydrogen-bond donors (Lipinski definition) is 1. The second-order valence-corrected chi connectivity index (χ2v) is 6.99. The van der Waals surface area contributed by atoms with E-state index in [4.69, 9.17) is 14.6 Å². The number of rotatable bonds is 6. The molecule has 0 bridgehead atoms. The second kappa shape index (κ2) is 6.55. The monoisotopic (exact) mass is 315 g/mol. The first-order valence-electron chi connectivity index (χ1n) is 6.42. The summed E-state index contributed by atoms with van der Waals surface area (Å²) in [4.78, 5) is 11.8. The molecule has 7 heteroatoms. The van der Waals surface area contributed by atoms with E-state index in [2.05, 4.69) is 0 Å². The molecule has 0 aliphatic rings. The lowest BCUT2D eigenvalue weighted by atomic mass is 10.1. The first-order valence-corrected chi connectivity index (χ1v) is 7.96. The lowest BCUT2D eigenvalue weighted by molar-refractivity contribution is -0.00564. The molecule has 1 aromatic rings. The largest absolute Gasteiger partial charge is 0.462 e. The molecule has 0 aromatic heterocycles. The molecule has 6 nitrogen and oxygen atoms in total. The van der Waals surface area contributed by atoms with E-state index in [0.717, 1.165) is 0 Å². The molecular weight excluding hydrogens is 294 g/mol. The Morgan fingerprint density at radius 1 is 1.29 bits per heavy atom. The summed E-state index contributed by atoms with van der Waals surface area (Å²) in [5, 5.41) is 5.07. The second-order valence-electron chi connectivity index (χ2n) is 5.43. The average molecular weight is 315 g/mol. The lowest BCUT2D eigenvalue weighted by Gasteiger charge is -2.22. The molecule has 0 aliphatic carbocycles. The van der Waals surface area contributed by atoms with Crippen LogP contribution in [0.5, 0.6) is 0 Å². The number of methoxy groups -OCH3 is 1. The number of aryl methyl sites for hydroxylation is 1. The fourth-order valence-corrected chi connectivity index (χ4v) is 2.25. The van der Waals surface area contributed by atoms with Crippen molar-refractivity contribution in [3.8, 4) is 0 Å². The number of benzene rings is 1. The molecule has 0 unspecified atom stereocenters. The fourth-order valence-electron chi connectivity index (χ4n) is 1.60. The minimum Gasteiger partial charge on any atom is -0.462 e. The van der Waals surface area contributed by atoms with E-state index in [-0.39, 0.29) is 17.1 Å². The van der Waals surface area contributed by atoms with Gasteiger partial charge in [0, 0.05) is 13.5 Å². The average Bonchev–Trinajstić information content (AvgIpc) is 2.36. The van der Waals surface area contributed by atoms with E-state index in [1.54, 1.807) is 20.1 Å². The molecule has 0 fully saturated rings. The van der Waals surface area contributed by atoms with Crippen molar-refractivity contribution < 1.29 is 22.7 Å². The molecule has 0 saturated heterocycles. The van der Waals surface area contributed by atoms with Gasteiger partial charge in [-0.25, -0.2) is 18.4 Å². The highest BCUT2D eigenvalue weighted by Gasteiger charge is 2.18. The Balaban J connectivity index is 2.82. The molecule has 0 amide bonds. The zero-order valence-electron chi connectivity index (χ0n) is 12.7. The van der Waals surface area contributed by atoms with Crippen molar-refractivity contribution in [3.63, 3.8) is 0 Å². The zero-order chi connectivity index (χ0) is 16.3. The van der Waals surface area contributed by atoms with Gasteiger partial charge < -0.3 is 9.47 Å². The van der Waals surface area contributed by atoms with Crippen LogP contribution in [0.4, 0.5) is 0 Å². The van der Waals surface area contributed by atoms with E-state index in [1.807, 2.05) is 13.8 Å². The molecule has 1 aromatic carbocycles. The van der Waals surface area contributed by atoms with Gasteiger partial charge in [0.25, 0.3) is 0 Å². The van der Waals surface area contributed by atoms with Gasteiger partial charge in [0.15, 0.2) is 0 Å². The summed E-state index contributed by atoms with van der Waals surface area (Å²) in [6, 6.07) is 4.17. The summed E-state index contributed by atoms with van der Waals surface area (Å²) in [5.74, 6) is -0.587. The van der Waals surface area contributed by atoms with Crippen LogP contribution in [0.3, 0.4) is 0 Å². The Kier molecular flexibility index (Phi) is 5.49. The van der Waals surface area contributed by atoms with Crippen LogP contribution in [0.1, 0.15) is 36.2 Å². The molecule has 21 heavy (non-hydrogen) atoms. The third-order valence-corrected chi connectivity index (χ3v) is 4.00. The highest BCUT2D eigenvalue weighted by molar-refractivity contribution is 7.89. The fraction of sp³-hybridized carbons (Fsp3) is 0.500. The molecule has 0 aliphatic heterocycles. The Labute approximate surface area is 125 Å². The maximum atomic E-state index is 12.0. The van der Waals surface area contributed by atoms with E-state index in [0.29, 0.717) is 12.0 Å². The topological polar surface area (TPSA) is 95.7 Å². The van der Waals surface area contributed by atoms with Crippen LogP contribution >= 0.6 is 0 Å². The van der Waals surface area contributed by atoms with Gasteiger partial charge in [0.05, 0.1) is 22.7 Å². The first-order chi connectivity index (χ1) is 9.55. The number of esters is 1. The number of primary sulfonamides is 1. The van der Waals surface area contributed by atoms with Gasteiger partial charge in [-0.2, -0.15) is 0 Å². The van der Waals surface area contributed by atoms with Crippen LogP contribution < -0.4 is 5.14 Å². The van der Waals surface area contributed by atoms with Crippen LogP contribution in [0, 0.1) is 6.92 Å². The predicted molar refractivity (Wildman–Crippen MR) is 78.5 cm³/mol. The third kappa shape index (κ3) is 5.45. The van der Waals surface area contributed by atoms with Crippen molar-refractivity contribution in [2.24, 2.45) is 5.14 Å². The standard InChI is InChI=1S/C14H21NO5S/c1-10-7-11(9-12(8-10)21(15,17)18)13(16)20-6-5-14(2,3)19-4/h7-9H,5-6H2,1-4H3,(H2,15,17,18). The number of sulfonamides is 1. The molecule has 0 atom stereocenters. The van der Waals surface area contributed by atoms with Crippen LogP contribution in [-0.2, 0) is 19.5 Å². The maximum Gasteiger partial charge on any atom is 0.338 e. The van der Waals surface area contributed by atoms with Gasteiger partial charge in [-0.3, -0.25) is 0 Å². The molecule has 1 rings (SSSR count). The number of carbonyl (C=O) groups is 1. The number of ether oxygens (including phenoxy) is 2. The minimum atomic E-state index is -3.86. The van der Waals surface area contributed by atoms with E-state index < -0.39 is 21.6 Å². The highest BCUT2D eigenvalue weighted by atomic mass is 32.2. The third-order valence-electron chi connectivity index (χ3n) is 3.10. The van der Waals surface area contributed by atoms with Gasteiger partial charge in [-0.1, -0.05) is 0 Å². The Morgan fingerprint density at radius 2 is 1.90 bits per heavy atom. The lowest BCUT2D eigenvalue weighted by Crippen LogP contribution is -2.25. The Morgan fingerprint density at radius 3 is 2.43 bits per heavy atom. The number of carbonyl (C=O) groups excluding carboxylic acids is 1. The van der Waals surface area contributed by atoms with Crippen molar-refractivity contribution in [2.75, 3.05) is 13.7 Å². The molecule has 0 heterocycles. The van der Waals surface area contributed by atoms with Crippen molar-refractivity contribution in [3.05, 3.63) is 29.3 Å². The SMILES string of the molecule is COC(C)(C)CCOC(=O)c1cc(C)cc(S(N)(=O)=O)c1. The van der Waals surface area contributed by atoms with Gasteiger partial charge in [-0.05, 0) is 44.5 Å². The summed E-state index contributed by atoms with van der Waals surface area (Å²) in [7, 11) is -2.27. The molecular formula is C14H21NO5S. The molecule has 118 valence electrons. The first kappa shape index (κ1) is 17.6. The number of hydrogen-bond acceptors (Lipinski definition) is 5. The normalized spacial score (nSPS) is 12.2. The Bertz CT molecular complexity index is 622. The van der Waals surface area contributed by atoms with Crippen molar-refractivity contribution in [1.82, 2.24) is 0 Å². The van der Waals surface area contributed by atoms with Gasteiger partial charge in [0.1, 0.15) is 0 Å². The minimum absolute atomic E-state index is 0.105. The summed E-state index contributed by atoms with van der Waals surface area (Å²) in [6.07, 6.45) is 0.531. The summed E-state index contributed by atoms with van der Waals surface area (Å²) < 4.78 is 33.1. The van der Waals surface area contributed by atoms with E-state index in [1.165, 1.54) is 12.1 Å². The van der Waals surface area contributed by atoms with Gasteiger partial charge in [0.2, 0.25) is 10.0 Å². The van der Waals surface area contributed by atoms with Crippen LogP contribution in [0.15, 0.2) is 23.1 Å². The van der Waals surface area contributed by atoms with Crippen LogP contribution in [0.2, 0.25) is 0 Å². The van der Waals surface area contributed by atoms with Crippen molar-refractivity contribution >= 4 is 16.0 Å². The molecule has 2 N–H and O–H groups in total. The van der Waals surface area contributed by atoms with E-state index >= 15 is 0 Å². The molecule has 0 spiro atoms. The molecule has 0 saturated carbocycles. The van der Waals surface area contributed by atoms with Gasteiger partial charge >= 0.3 is 5.97 Å². The van der Waals surface area contributed by atoms with Gasteiger partial charge in [-0.15, -0.1) is 0 Å².